The number of rotatable bonds is 4. The van der Waals surface area contributed by atoms with Gasteiger partial charge in [0.2, 0.25) is 6.23 Å². The number of nitrogens with one attached hydrogen (secondary N) is 1. The molecule has 0 fully saturated rings. The molecule has 1 radical (unpaired) electrons. The molecule has 0 unspecified atom stereocenters. The van der Waals surface area contributed by atoms with Gasteiger partial charge in [-0.3, -0.25) is 5.32 Å². The van der Waals surface area contributed by atoms with Crippen molar-refractivity contribution in [1.29, 1.82) is 0 Å². The summed E-state index contributed by atoms with van der Waals surface area (Å²) in [6.45, 7) is 4.34. The van der Waals surface area contributed by atoms with Gasteiger partial charge in [0.25, 0.3) is 0 Å². The van der Waals surface area contributed by atoms with E-state index >= 15 is 0 Å². The standard InChI is InChI=1S/C10H16NO/c1-3-9(4-2)11-10-7-5-6-8-12-10/h5-9,11H,3-4H2,1-2H3. The van der Waals surface area contributed by atoms with Crippen LogP contribution in [0, 0.1) is 6.23 Å². The van der Waals surface area contributed by atoms with E-state index in [0.717, 1.165) is 19.1 Å². The van der Waals surface area contributed by atoms with Gasteiger partial charge in [-0.1, -0.05) is 19.9 Å². The van der Waals surface area contributed by atoms with E-state index < -0.39 is 0 Å². The number of allylic oxidation sites excluding steroid dienone is 2. The Morgan fingerprint density at radius 2 is 2.08 bits per heavy atom. The Balaban J connectivity index is 2.30. The highest BCUT2D eigenvalue weighted by atomic mass is 16.5. The quantitative estimate of drug-likeness (QED) is 0.692. The van der Waals surface area contributed by atoms with Crippen LogP contribution in [0.4, 0.5) is 0 Å². The summed E-state index contributed by atoms with van der Waals surface area (Å²) in [5.41, 5.74) is 0. The van der Waals surface area contributed by atoms with Crippen LogP contribution in [-0.2, 0) is 4.74 Å². The topological polar surface area (TPSA) is 21.3 Å². The lowest BCUT2D eigenvalue weighted by Gasteiger charge is -2.20. The normalized spacial score (nSPS) is 16.9. The van der Waals surface area contributed by atoms with Crippen molar-refractivity contribution in [3.8, 4) is 0 Å². The minimum absolute atomic E-state index is 0.524. The Morgan fingerprint density at radius 1 is 1.33 bits per heavy atom. The maximum Gasteiger partial charge on any atom is 0.237 e. The Hall–Kier alpha value is -0.760. The van der Waals surface area contributed by atoms with Crippen LogP contribution >= 0.6 is 0 Å². The molecule has 2 nitrogen and oxygen atoms in total. The van der Waals surface area contributed by atoms with Crippen molar-refractivity contribution in [1.82, 2.24) is 5.32 Å². The van der Waals surface area contributed by atoms with Gasteiger partial charge in [0.15, 0.2) is 0 Å². The van der Waals surface area contributed by atoms with Crippen LogP contribution in [0.5, 0.6) is 0 Å². The zero-order chi connectivity index (χ0) is 8.81. The first kappa shape index (κ1) is 9.33. The van der Waals surface area contributed by atoms with Crippen LogP contribution in [0.15, 0.2) is 24.5 Å². The van der Waals surface area contributed by atoms with Crippen LogP contribution in [0.25, 0.3) is 0 Å². The lowest BCUT2D eigenvalue weighted by molar-refractivity contribution is 0.229. The van der Waals surface area contributed by atoms with E-state index in [1.807, 2.05) is 18.2 Å². The summed E-state index contributed by atoms with van der Waals surface area (Å²) in [6, 6.07) is 0.524. The number of hydrogen-bond donors (Lipinski definition) is 1. The summed E-state index contributed by atoms with van der Waals surface area (Å²) < 4.78 is 5.25. The second kappa shape index (κ2) is 4.99. The van der Waals surface area contributed by atoms with Gasteiger partial charge < -0.3 is 4.74 Å². The zero-order valence-corrected chi connectivity index (χ0v) is 7.71. The van der Waals surface area contributed by atoms with E-state index in [9.17, 15) is 0 Å². The van der Waals surface area contributed by atoms with Gasteiger partial charge in [-0.05, 0) is 25.0 Å². The fourth-order valence-electron chi connectivity index (χ4n) is 1.12. The molecule has 12 heavy (non-hydrogen) atoms. The summed E-state index contributed by atoms with van der Waals surface area (Å²) in [5.74, 6) is 0. The predicted octanol–water partition coefficient (Wildman–Crippen LogP) is 2.35. The summed E-state index contributed by atoms with van der Waals surface area (Å²) in [5, 5.41) is 3.31. The van der Waals surface area contributed by atoms with E-state index in [2.05, 4.69) is 19.2 Å². The summed E-state index contributed by atoms with van der Waals surface area (Å²) >= 11 is 0. The van der Waals surface area contributed by atoms with Gasteiger partial charge in [-0.2, -0.15) is 0 Å². The lowest BCUT2D eigenvalue weighted by atomic mass is 10.1. The second-order valence-electron chi connectivity index (χ2n) is 2.83. The van der Waals surface area contributed by atoms with Crippen LogP contribution in [-0.4, -0.2) is 6.04 Å². The average molecular weight is 166 g/mol. The molecule has 67 valence electrons. The van der Waals surface area contributed by atoms with Gasteiger partial charge in [0, 0.05) is 6.04 Å². The second-order valence-corrected chi connectivity index (χ2v) is 2.83. The molecule has 1 heterocycles. The van der Waals surface area contributed by atoms with Gasteiger partial charge in [-0.15, -0.1) is 0 Å². The maximum atomic E-state index is 5.25. The Morgan fingerprint density at radius 3 is 2.58 bits per heavy atom. The summed E-state index contributed by atoms with van der Waals surface area (Å²) in [6.07, 6.45) is 10.6. The van der Waals surface area contributed by atoms with Crippen LogP contribution in [0.3, 0.4) is 0 Å². The third-order valence-electron chi connectivity index (χ3n) is 1.96. The van der Waals surface area contributed by atoms with Crippen molar-refractivity contribution in [3.05, 3.63) is 30.7 Å². The fraction of sp³-hybridized carbons (Fsp3) is 0.500. The van der Waals surface area contributed by atoms with Gasteiger partial charge >= 0.3 is 0 Å². The average Bonchev–Trinajstić information content (AvgIpc) is 2.16. The van der Waals surface area contributed by atoms with Crippen molar-refractivity contribution in [2.45, 2.75) is 32.7 Å². The lowest BCUT2D eigenvalue weighted by Crippen LogP contribution is -2.32. The maximum absolute atomic E-state index is 5.25. The third kappa shape index (κ3) is 2.70. The van der Waals surface area contributed by atoms with Gasteiger partial charge in [0.05, 0.1) is 6.26 Å². The number of ether oxygens (including phenoxy) is 1. The molecule has 0 saturated carbocycles. The third-order valence-corrected chi connectivity index (χ3v) is 1.96. The highest BCUT2D eigenvalue weighted by molar-refractivity contribution is 5.14. The molecule has 0 aromatic carbocycles. The van der Waals surface area contributed by atoms with Gasteiger partial charge in [0.1, 0.15) is 0 Å². The zero-order valence-electron chi connectivity index (χ0n) is 7.71. The Labute approximate surface area is 74.3 Å². The molecule has 0 aromatic rings. The molecular formula is C10H16NO. The van der Waals surface area contributed by atoms with Crippen molar-refractivity contribution in [3.63, 3.8) is 0 Å². The molecule has 0 aromatic heterocycles. The summed E-state index contributed by atoms with van der Waals surface area (Å²) in [7, 11) is 0. The van der Waals surface area contributed by atoms with E-state index in [-0.39, 0.29) is 0 Å². The van der Waals surface area contributed by atoms with Crippen molar-refractivity contribution >= 4 is 0 Å². The van der Waals surface area contributed by atoms with Crippen LogP contribution < -0.4 is 5.32 Å². The largest absolute Gasteiger partial charge is 0.471 e. The number of hydrogen-bond acceptors (Lipinski definition) is 2. The molecular weight excluding hydrogens is 150 g/mol. The Kier molecular flexibility index (Phi) is 3.88. The molecule has 0 bridgehead atoms. The van der Waals surface area contributed by atoms with E-state index in [0.29, 0.717) is 6.04 Å². The first-order chi connectivity index (χ1) is 5.86. The highest BCUT2D eigenvalue weighted by Gasteiger charge is 2.12. The molecule has 2 heteroatoms. The smallest absolute Gasteiger partial charge is 0.237 e. The molecule has 0 aliphatic carbocycles. The monoisotopic (exact) mass is 166 g/mol. The minimum Gasteiger partial charge on any atom is -0.471 e. The first-order valence-electron chi connectivity index (χ1n) is 4.50. The van der Waals surface area contributed by atoms with Crippen molar-refractivity contribution < 1.29 is 4.74 Å². The van der Waals surface area contributed by atoms with Crippen molar-refractivity contribution in [2.75, 3.05) is 0 Å². The van der Waals surface area contributed by atoms with Crippen LogP contribution in [0.2, 0.25) is 0 Å². The molecule has 1 aliphatic rings. The predicted molar refractivity (Wildman–Crippen MR) is 50.1 cm³/mol. The highest BCUT2D eigenvalue weighted by Crippen LogP contribution is 2.09. The Bertz CT molecular complexity index is 171. The summed E-state index contributed by atoms with van der Waals surface area (Å²) in [4.78, 5) is 0. The van der Waals surface area contributed by atoms with E-state index in [1.165, 1.54) is 0 Å². The molecule has 1 N–H and O–H groups in total. The first-order valence-corrected chi connectivity index (χ1v) is 4.50. The molecule has 1 aliphatic heterocycles. The fourth-order valence-corrected chi connectivity index (χ4v) is 1.12. The van der Waals surface area contributed by atoms with Gasteiger partial charge in [-0.25, -0.2) is 0 Å². The molecule has 0 spiro atoms. The molecule has 0 saturated heterocycles. The SMILES string of the molecule is CCC(CC)N[C]1C=CC=CO1. The molecule has 1 rings (SSSR count). The molecule has 0 amide bonds. The van der Waals surface area contributed by atoms with Crippen LogP contribution in [0.1, 0.15) is 26.7 Å². The minimum atomic E-state index is 0.524. The van der Waals surface area contributed by atoms with E-state index in [1.54, 1.807) is 6.26 Å². The van der Waals surface area contributed by atoms with Crippen molar-refractivity contribution in [2.24, 2.45) is 0 Å². The molecule has 0 atom stereocenters. The van der Waals surface area contributed by atoms with E-state index in [4.69, 9.17) is 4.74 Å².